The molecular weight excluding hydrogens is 194 g/mol. The molecule has 1 atom stereocenters. The van der Waals surface area contributed by atoms with Crippen molar-refractivity contribution in [3.8, 4) is 0 Å². The number of carbonyl (C=O) groups excluding carboxylic acids is 2. The second-order valence-electron chi connectivity index (χ2n) is 3.76. The lowest BCUT2D eigenvalue weighted by Crippen LogP contribution is -2.39. The average molecular weight is 211 g/mol. The van der Waals surface area contributed by atoms with Crippen LogP contribution in [0.4, 0.5) is 0 Å². The molecule has 0 aromatic heterocycles. The third kappa shape index (κ3) is 2.65. The molecular formula is C11H17NO3. The Bertz CT molecular complexity index is 264. The van der Waals surface area contributed by atoms with E-state index < -0.39 is 6.10 Å². The zero-order chi connectivity index (χ0) is 11.4. The highest BCUT2D eigenvalue weighted by molar-refractivity contribution is 6.12. The fraction of sp³-hybridized carbons (Fsp3) is 0.636. The smallest absolute Gasteiger partial charge is 0.253 e. The number of imide groups is 1. The molecule has 4 nitrogen and oxygen atoms in total. The minimum absolute atomic E-state index is 0.108. The summed E-state index contributed by atoms with van der Waals surface area (Å²) < 4.78 is 0. The lowest BCUT2D eigenvalue weighted by atomic mass is 9.96. The molecule has 15 heavy (non-hydrogen) atoms. The molecule has 0 aromatic rings. The van der Waals surface area contributed by atoms with E-state index in [1.165, 1.54) is 12.2 Å². The maximum atomic E-state index is 11.2. The zero-order valence-electron chi connectivity index (χ0n) is 9.14. The van der Waals surface area contributed by atoms with E-state index in [0.29, 0.717) is 0 Å². The Labute approximate surface area is 89.6 Å². The highest BCUT2D eigenvalue weighted by atomic mass is 16.3. The van der Waals surface area contributed by atoms with Crippen LogP contribution in [-0.2, 0) is 9.59 Å². The van der Waals surface area contributed by atoms with Crippen LogP contribution in [0, 0.1) is 5.92 Å². The van der Waals surface area contributed by atoms with Gasteiger partial charge in [-0.1, -0.05) is 26.7 Å². The van der Waals surface area contributed by atoms with Crippen molar-refractivity contribution in [2.24, 2.45) is 5.92 Å². The van der Waals surface area contributed by atoms with Crippen molar-refractivity contribution in [1.82, 2.24) is 4.90 Å². The predicted molar refractivity (Wildman–Crippen MR) is 55.9 cm³/mol. The topological polar surface area (TPSA) is 57.6 Å². The quantitative estimate of drug-likeness (QED) is 0.681. The van der Waals surface area contributed by atoms with Gasteiger partial charge in [-0.05, 0) is 5.92 Å². The van der Waals surface area contributed by atoms with Crippen molar-refractivity contribution in [3.63, 3.8) is 0 Å². The first-order valence-corrected chi connectivity index (χ1v) is 5.31. The molecule has 0 spiro atoms. The third-order valence-corrected chi connectivity index (χ3v) is 2.86. The lowest BCUT2D eigenvalue weighted by Gasteiger charge is -2.24. The van der Waals surface area contributed by atoms with Crippen LogP contribution in [0.1, 0.15) is 26.7 Å². The van der Waals surface area contributed by atoms with E-state index >= 15 is 0 Å². The van der Waals surface area contributed by atoms with Crippen molar-refractivity contribution in [1.29, 1.82) is 0 Å². The molecule has 0 aliphatic carbocycles. The van der Waals surface area contributed by atoms with Crippen molar-refractivity contribution in [3.05, 3.63) is 12.2 Å². The molecule has 2 amide bonds. The molecule has 0 fully saturated rings. The number of hydrogen-bond acceptors (Lipinski definition) is 3. The first kappa shape index (κ1) is 11.9. The standard InChI is InChI=1S/C11H17NO3/c1-3-8(4-2)9(13)7-12-10(14)5-6-11(12)15/h5-6,8-9,13H,3-4,7H2,1-2H3. The molecule has 0 bridgehead atoms. The average Bonchev–Trinajstić information content (AvgIpc) is 2.51. The van der Waals surface area contributed by atoms with E-state index in [9.17, 15) is 14.7 Å². The van der Waals surface area contributed by atoms with Crippen LogP contribution in [0.3, 0.4) is 0 Å². The van der Waals surface area contributed by atoms with Gasteiger partial charge in [0.25, 0.3) is 11.8 Å². The van der Waals surface area contributed by atoms with E-state index in [0.717, 1.165) is 17.7 Å². The summed E-state index contributed by atoms with van der Waals surface area (Å²) >= 11 is 0. The molecule has 1 unspecified atom stereocenters. The molecule has 0 saturated carbocycles. The van der Waals surface area contributed by atoms with Crippen molar-refractivity contribution in [2.75, 3.05) is 6.54 Å². The molecule has 1 N–H and O–H groups in total. The number of aliphatic hydroxyl groups excluding tert-OH is 1. The molecule has 1 aliphatic heterocycles. The Balaban J connectivity index is 2.54. The Kier molecular flexibility index (Phi) is 4.03. The largest absolute Gasteiger partial charge is 0.391 e. The van der Waals surface area contributed by atoms with Gasteiger partial charge in [0.15, 0.2) is 0 Å². The molecule has 0 radical (unpaired) electrons. The fourth-order valence-electron chi connectivity index (χ4n) is 1.78. The monoisotopic (exact) mass is 211 g/mol. The number of rotatable bonds is 5. The number of amides is 2. The van der Waals surface area contributed by atoms with Gasteiger partial charge in [0.05, 0.1) is 12.6 Å². The lowest BCUT2D eigenvalue weighted by molar-refractivity contribution is -0.139. The number of hydrogen-bond donors (Lipinski definition) is 1. The first-order chi connectivity index (χ1) is 7.10. The van der Waals surface area contributed by atoms with Crippen molar-refractivity contribution < 1.29 is 14.7 Å². The van der Waals surface area contributed by atoms with Crippen LogP contribution in [-0.4, -0.2) is 34.5 Å². The van der Waals surface area contributed by atoms with Crippen LogP contribution in [0.25, 0.3) is 0 Å². The maximum absolute atomic E-state index is 11.2. The van der Waals surface area contributed by atoms with Crippen LogP contribution in [0.2, 0.25) is 0 Å². The maximum Gasteiger partial charge on any atom is 0.253 e. The molecule has 0 saturated heterocycles. The summed E-state index contributed by atoms with van der Waals surface area (Å²) in [6, 6.07) is 0. The summed E-state index contributed by atoms with van der Waals surface area (Å²) in [5, 5.41) is 9.83. The summed E-state index contributed by atoms with van der Waals surface area (Å²) in [6.07, 6.45) is 3.56. The van der Waals surface area contributed by atoms with E-state index in [4.69, 9.17) is 0 Å². The number of aliphatic hydroxyl groups is 1. The normalized spacial score (nSPS) is 18.0. The highest BCUT2D eigenvalue weighted by Crippen LogP contribution is 2.15. The van der Waals surface area contributed by atoms with Gasteiger partial charge < -0.3 is 5.11 Å². The Hall–Kier alpha value is -1.16. The summed E-state index contributed by atoms with van der Waals surface area (Å²) in [6.45, 7) is 4.09. The van der Waals surface area contributed by atoms with E-state index in [2.05, 4.69) is 0 Å². The minimum atomic E-state index is -0.618. The Morgan fingerprint density at radius 3 is 2.07 bits per heavy atom. The summed E-state index contributed by atoms with van der Waals surface area (Å²) in [4.78, 5) is 23.5. The van der Waals surface area contributed by atoms with Gasteiger partial charge in [-0.15, -0.1) is 0 Å². The van der Waals surface area contributed by atoms with Gasteiger partial charge in [-0.2, -0.15) is 0 Å². The molecule has 0 aromatic carbocycles. The fourth-order valence-corrected chi connectivity index (χ4v) is 1.78. The third-order valence-electron chi connectivity index (χ3n) is 2.86. The van der Waals surface area contributed by atoms with Gasteiger partial charge >= 0.3 is 0 Å². The van der Waals surface area contributed by atoms with E-state index in [1.807, 2.05) is 13.8 Å². The van der Waals surface area contributed by atoms with Gasteiger partial charge in [-0.3, -0.25) is 14.5 Å². The van der Waals surface area contributed by atoms with E-state index in [1.54, 1.807) is 0 Å². The summed E-state index contributed by atoms with van der Waals surface area (Å²) in [5.74, 6) is -0.513. The van der Waals surface area contributed by atoms with Crippen molar-refractivity contribution in [2.45, 2.75) is 32.8 Å². The van der Waals surface area contributed by atoms with Gasteiger partial charge in [-0.25, -0.2) is 0 Å². The van der Waals surface area contributed by atoms with Crippen molar-refractivity contribution >= 4 is 11.8 Å². The van der Waals surface area contributed by atoms with Crippen LogP contribution >= 0.6 is 0 Å². The number of β-amino-alcohol motifs (C(OH)–C–C–N with tert-alkyl or cyclic N) is 1. The Morgan fingerprint density at radius 2 is 1.67 bits per heavy atom. The summed E-state index contributed by atoms with van der Waals surface area (Å²) in [7, 11) is 0. The zero-order valence-corrected chi connectivity index (χ0v) is 9.14. The number of carbonyl (C=O) groups is 2. The number of nitrogens with zero attached hydrogens (tertiary/aromatic N) is 1. The molecule has 1 rings (SSSR count). The van der Waals surface area contributed by atoms with Crippen LogP contribution in [0.15, 0.2) is 12.2 Å². The first-order valence-electron chi connectivity index (χ1n) is 5.31. The van der Waals surface area contributed by atoms with Crippen LogP contribution in [0.5, 0.6) is 0 Å². The second-order valence-corrected chi connectivity index (χ2v) is 3.76. The Morgan fingerprint density at radius 1 is 1.20 bits per heavy atom. The van der Waals surface area contributed by atoms with Gasteiger partial charge in [0.1, 0.15) is 0 Å². The molecule has 1 aliphatic rings. The second kappa shape index (κ2) is 5.07. The van der Waals surface area contributed by atoms with Gasteiger partial charge in [0, 0.05) is 12.2 Å². The minimum Gasteiger partial charge on any atom is -0.391 e. The molecule has 1 heterocycles. The molecule has 84 valence electrons. The highest BCUT2D eigenvalue weighted by Gasteiger charge is 2.27. The van der Waals surface area contributed by atoms with Crippen LogP contribution < -0.4 is 0 Å². The predicted octanol–water partition coefficient (Wildman–Crippen LogP) is 0.708. The summed E-state index contributed by atoms with van der Waals surface area (Å²) in [5.41, 5.74) is 0. The SMILES string of the molecule is CCC(CC)C(O)CN1C(=O)C=CC1=O. The van der Waals surface area contributed by atoms with Gasteiger partial charge in [0.2, 0.25) is 0 Å². The van der Waals surface area contributed by atoms with E-state index in [-0.39, 0.29) is 24.3 Å². The molecule has 4 heteroatoms.